The number of rotatable bonds is 3. The van der Waals surface area contributed by atoms with Gasteiger partial charge in [-0.05, 0) is 51.8 Å². The van der Waals surface area contributed by atoms with Gasteiger partial charge in [0.2, 0.25) is 0 Å². The molecule has 0 amide bonds. The Labute approximate surface area is 133 Å². The summed E-state index contributed by atoms with van der Waals surface area (Å²) in [7, 11) is 2.06. The monoisotopic (exact) mass is 300 g/mol. The number of anilines is 1. The van der Waals surface area contributed by atoms with Crippen molar-refractivity contribution in [1.82, 2.24) is 15.8 Å². The van der Waals surface area contributed by atoms with Crippen LogP contribution in [0.25, 0.3) is 0 Å². The van der Waals surface area contributed by atoms with Gasteiger partial charge in [-0.15, -0.1) is 0 Å². The molecule has 2 bridgehead atoms. The lowest BCUT2D eigenvalue weighted by atomic mass is 9.88. The van der Waals surface area contributed by atoms with E-state index in [1.165, 1.54) is 30.5 Å². The largest absolute Gasteiger partial charge is 0.364 e. The topological polar surface area (TPSA) is 30.5 Å². The number of hydrogen-bond donors (Lipinski definition) is 2. The van der Waals surface area contributed by atoms with Crippen LogP contribution in [-0.4, -0.2) is 48.8 Å². The highest BCUT2D eigenvalue weighted by atomic mass is 15.6. The van der Waals surface area contributed by atoms with E-state index in [4.69, 9.17) is 0 Å². The lowest BCUT2D eigenvalue weighted by Gasteiger charge is -2.48. The zero-order valence-corrected chi connectivity index (χ0v) is 13.9. The van der Waals surface area contributed by atoms with Crippen LogP contribution < -0.4 is 15.6 Å². The Hall–Kier alpha value is -1.10. The third-order valence-electron chi connectivity index (χ3n) is 5.78. The lowest BCUT2D eigenvalue weighted by Crippen LogP contribution is -2.64. The summed E-state index contributed by atoms with van der Waals surface area (Å²) in [5.41, 5.74) is 6.37. The van der Waals surface area contributed by atoms with Crippen LogP contribution in [0.3, 0.4) is 0 Å². The SMILES string of the molecule is CNN1CC2CC1C(C1CCc3ccccc3N1C(C)C)N2. The number of nitrogens with one attached hydrogen (secondary N) is 2. The molecule has 4 atom stereocenters. The molecule has 0 saturated carbocycles. The van der Waals surface area contributed by atoms with E-state index in [0.717, 1.165) is 6.54 Å². The van der Waals surface area contributed by atoms with Crippen molar-refractivity contribution in [3.63, 3.8) is 0 Å². The molecule has 0 spiro atoms. The average molecular weight is 300 g/mol. The van der Waals surface area contributed by atoms with Crippen molar-refractivity contribution in [3.05, 3.63) is 29.8 Å². The van der Waals surface area contributed by atoms with E-state index < -0.39 is 0 Å². The number of piperazine rings is 1. The predicted octanol–water partition coefficient (Wildman–Crippen LogP) is 1.77. The maximum atomic E-state index is 3.92. The Kier molecular flexibility index (Phi) is 3.63. The van der Waals surface area contributed by atoms with Crippen molar-refractivity contribution in [2.24, 2.45) is 0 Å². The molecule has 4 unspecified atom stereocenters. The van der Waals surface area contributed by atoms with Gasteiger partial charge in [0.05, 0.1) is 0 Å². The molecule has 22 heavy (non-hydrogen) atoms. The molecule has 4 nitrogen and oxygen atoms in total. The zero-order valence-electron chi connectivity index (χ0n) is 13.9. The first kappa shape index (κ1) is 14.5. The van der Waals surface area contributed by atoms with Crippen LogP contribution in [0.2, 0.25) is 0 Å². The zero-order chi connectivity index (χ0) is 15.3. The van der Waals surface area contributed by atoms with Gasteiger partial charge in [-0.3, -0.25) is 5.43 Å². The van der Waals surface area contributed by atoms with E-state index >= 15 is 0 Å². The maximum absolute atomic E-state index is 3.92. The molecular formula is C18H28N4. The summed E-state index contributed by atoms with van der Waals surface area (Å²) in [5, 5.41) is 6.37. The van der Waals surface area contributed by atoms with Crippen molar-refractivity contribution in [1.29, 1.82) is 0 Å². The molecule has 4 heteroatoms. The predicted molar refractivity (Wildman–Crippen MR) is 91.0 cm³/mol. The maximum Gasteiger partial charge on any atom is 0.0465 e. The second-order valence-electron chi connectivity index (χ2n) is 7.30. The van der Waals surface area contributed by atoms with Crippen LogP contribution in [0.4, 0.5) is 5.69 Å². The minimum Gasteiger partial charge on any atom is -0.364 e. The first-order valence-electron chi connectivity index (χ1n) is 8.75. The van der Waals surface area contributed by atoms with E-state index in [-0.39, 0.29) is 0 Å². The molecule has 1 aromatic rings. The number of hydrazine groups is 1. The van der Waals surface area contributed by atoms with E-state index in [9.17, 15) is 0 Å². The number of fused-ring (bicyclic) bond motifs is 3. The van der Waals surface area contributed by atoms with Gasteiger partial charge < -0.3 is 10.2 Å². The molecule has 4 rings (SSSR count). The summed E-state index contributed by atoms with van der Waals surface area (Å²) in [4.78, 5) is 2.67. The van der Waals surface area contributed by atoms with E-state index in [1.807, 2.05) is 0 Å². The molecule has 0 radical (unpaired) electrons. The van der Waals surface area contributed by atoms with Gasteiger partial charge in [-0.2, -0.15) is 0 Å². The summed E-state index contributed by atoms with van der Waals surface area (Å²) in [6.45, 7) is 5.80. The standard InChI is InChI=1S/C18H28N4/c1-12(2)22-15-7-5-4-6-13(15)8-9-16(22)18-17-10-14(20-18)11-21(17)19-3/h4-7,12,14,16-20H,8-11H2,1-3H3. The number of para-hydroxylation sites is 1. The third-order valence-corrected chi connectivity index (χ3v) is 5.78. The number of aryl methyl sites for hydroxylation is 1. The fourth-order valence-electron chi connectivity index (χ4n) is 4.94. The third kappa shape index (κ3) is 2.16. The number of benzene rings is 1. The highest BCUT2D eigenvalue weighted by molar-refractivity contribution is 5.57. The van der Waals surface area contributed by atoms with Gasteiger partial charge >= 0.3 is 0 Å². The van der Waals surface area contributed by atoms with Crippen molar-refractivity contribution >= 4 is 5.69 Å². The van der Waals surface area contributed by atoms with Crippen LogP contribution in [0, 0.1) is 0 Å². The van der Waals surface area contributed by atoms with Gasteiger partial charge in [0.25, 0.3) is 0 Å². The van der Waals surface area contributed by atoms with E-state index in [1.54, 1.807) is 0 Å². The summed E-state index contributed by atoms with van der Waals surface area (Å²) < 4.78 is 0. The van der Waals surface area contributed by atoms with Crippen molar-refractivity contribution in [3.8, 4) is 0 Å². The lowest BCUT2D eigenvalue weighted by molar-refractivity contribution is 0.117. The van der Waals surface area contributed by atoms with Crippen molar-refractivity contribution in [2.45, 2.75) is 63.3 Å². The molecule has 3 aliphatic heterocycles. The molecule has 3 aliphatic rings. The average Bonchev–Trinajstić information content (AvgIpc) is 3.13. The van der Waals surface area contributed by atoms with Crippen LogP contribution in [-0.2, 0) is 6.42 Å². The quantitative estimate of drug-likeness (QED) is 0.891. The van der Waals surface area contributed by atoms with Crippen LogP contribution in [0.5, 0.6) is 0 Å². The van der Waals surface area contributed by atoms with Crippen molar-refractivity contribution < 1.29 is 0 Å². The molecule has 3 heterocycles. The molecule has 120 valence electrons. The van der Waals surface area contributed by atoms with E-state index in [2.05, 4.69) is 65.8 Å². The highest BCUT2D eigenvalue weighted by Crippen LogP contribution is 2.38. The second kappa shape index (κ2) is 5.52. The Balaban J connectivity index is 1.65. The molecule has 2 N–H and O–H groups in total. The normalized spacial score (nSPS) is 34.5. The second-order valence-corrected chi connectivity index (χ2v) is 7.30. The van der Waals surface area contributed by atoms with Crippen LogP contribution in [0.15, 0.2) is 24.3 Å². The van der Waals surface area contributed by atoms with E-state index in [0.29, 0.717) is 30.2 Å². The Morgan fingerprint density at radius 3 is 2.77 bits per heavy atom. The van der Waals surface area contributed by atoms with Crippen LogP contribution in [0.1, 0.15) is 32.3 Å². The smallest absolute Gasteiger partial charge is 0.0465 e. The Bertz CT molecular complexity index is 544. The fourth-order valence-corrected chi connectivity index (χ4v) is 4.94. The summed E-state index contributed by atoms with van der Waals surface area (Å²) in [5.74, 6) is 0. The molecule has 0 aromatic heterocycles. The molecular weight excluding hydrogens is 272 g/mol. The van der Waals surface area contributed by atoms with Gasteiger partial charge in [0.1, 0.15) is 0 Å². The van der Waals surface area contributed by atoms with Gasteiger partial charge in [0, 0.05) is 42.4 Å². The molecule has 2 saturated heterocycles. The summed E-state index contributed by atoms with van der Waals surface area (Å²) in [6, 6.07) is 12.0. The summed E-state index contributed by atoms with van der Waals surface area (Å²) in [6.07, 6.45) is 3.75. The fraction of sp³-hybridized carbons (Fsp3) is 0.667. The number of hydrogen-bond acceptors (Lipinski definition) is 4. The first-order valence-corrected chi connectivity index (χ1v) is 8.75. The van der Waals surface area contributed by atoms with Gasteiger partial charge in [0.15, 0.2) is 0 Å². The van der Waals surface area contributed by atoms with Gasteiger partial charge in [-0.1, -0.05) is 18.2 Å². The number of nitrogens with zero attached hydrogens (tertiary/aromatic N) is 2. The van der Waals surface area contributed by atoms with Crippen LogP contribution >= 0.6 is 0 Å². The molecule has 0 aliphatic carbocycles. The Morgan fingerprint density at radius 1 is 1.23 bits per heavy atom. The van der Waals surface area contributed by atoms with Gasteiger partial charge in [-0.25, -0.2) is 5.01 Å². The molecule has 2 fully saturated rings. The van der Waals surface area contributed by atoms with Crippen molar-refractivity contribution in [2.75, 3.05) is 18.5 Å². The highest BCUT2D eigenvalue weighted by Gasteiger charge is 2.49. The minimum atomic E-state index is 0.537. The minimum absolute atomic E-state index is 0.537. The molecule has 1 aromatic carbocycles. The first-order chi connectivity index (χ1) is 10.7. The summed E-state index contributed by atoms with van der Waals surface area (Å²) >= 11 is 0. The Morgan fingerprint density at radius 2 is 2.05 bits per heavy atom.